The number of methoxy groups -OCH3 is 1. The van der Waals surface area contributed by atoms with E-state index in [9.17, 15) is 4.79 Å². The third kappa shape index (κ3) is 5.13. The van der Waals surface area contributed by atoms with Gasteiger partial charge in [-0.05, 0) is 25.7 Å². The lowest BCUT2D eigenvalue weighted by Crippen LogP contribution is -2.50. The molecule has 0 bridgehead atoms. The zero-order valence-corrected chi connectivity index (χ0v) is 10.9. The summed E-state index contributed by atoms with van der Waals surface area (Å²) in [5, 5.41) is 11.7. The maximum Gasteiger partial charge on any atom is 0.325 e. The van der Waals surface area contributed by atoms with Crippen LogP contribution in [-0.4, -0.2) is 25.2 Å². The number of carbonyl (C=O) groups is 1. The maximum atomic E-state index is 11.4. The molecule has 0 amide bonds. The van der Waals surface area contributed by atoms with Gasteiger partial charge in [-0.1, -0.05) is 13.8 Å². The van der Waals surface area contributed by atoms with E-state index in [0.29, 0.717) is 13.0 Å². The number of hydrogen-bond acceptors (Lipinski definition) is 4. The molecule has 92 valence electrons. The normalized spacial score (nSPS) is 12.0. The standard InChI is InChI=1S/C12H22N2O2/c1-11(2,7-6-8-13)9-14-12(3,4)10(15)16-5/h14H,6-7,9H2,1-5H3. The van der Waals surface area contributed by atoms with Gasteiger partial charge in [0.2, 0.25) is 0 Å². The highest BCUT2D eigenvalue weighted by molar-refractivity contribution is 5.79. The molecule has 0 rings (SSSR count). The summed E-state index contributed by atoms with van der Waals surface area (Å²) in [6.07, 6.45) is 1.35. The zero-order valence-electron chi connectivity index (χ0n) is 10.9. The molecule has 0 fully saturated rings. The number of nitrogens with one attached hydrogen (secondary N) is 1. The van der Waals surface area contributed by atoms with E-state index in [0.717, 1.165) is 6.42 Å². The first-order valence-electron chi connectivity index (χ1n) is 5.45. The zero-order chi connectivity index (χ0) is 12.8. The summed E-state index contributed by atoms with van der Waals surface area (Å²) in [5.41, 5.74) is -0.681. The van der Waals surface area contributed by atoms with Crippen LogP contribution in [-0.2, 0) is 9.53 Å². The van der Waals surface area contributed by atoms with Crippen molar-refractivity contribution in [2.45, 2.75) is 46.1 Å². The van der Waals surface area contributed by atoms with Crippen LogP contribution in [0.25, 0.3) is 0 Å². The smallest absolute Gasteiger partial charge is 0.325 e. The van der Waals surface area contributed by atoms with Crippen LogP contribution >= 0.6 is 0 Å². The summed E-state index contributed by atoms with van der Waals surface area (Å²) >= 11 is 0. The number of nitriles is 1. The molecule has 1 N–H and O–H groups in total. The van der Waals surface area contributed by atoms with Gasteiger partial charge < -0.3 is 10.1 Å². The van der Waals surface area contributed by atoms with Gasteiger partial charge in [-0.2, -0.15) is 5.26 Å². The van der Waals surface area contributed by atoms with Crippen LogP contribution in [0.15, 0.2) is 0 Å². The molecular formula is C12H22N2O2. The Morgan fingerprint density at radius 1 is 1.38 bits per heavy atom. The summed E-state index contributed by atoms with van der Waals surface area (Å²) in [6.45, 7) is 8.41. The predicted octanol–water partition coefficient (Wildman–Crippen LogP) is 1.86. The molecule has 0 aliphatic heterocycles. The van der Waals surface area contributed by atoms with E-state index >= 15 is 0 Å². The molecule has 4 nitrogen and oxygen atoms in total. The van der Waals surface area contributed by atoms with Gasteiger partial charge >= 0.3 is 5.97 Å². The maximum absolute atomic E-state index is 11.4. The van der Waals surface area contributed by atoms with Crippen molar-refractivity contribution >= 4 is 5.97 Å². The van der Waals surface area contributed by atoms with Crippen LogP contribution in [0, 0.1) is 16.7 Å². The largest absolute Gasteiger partial charge is 0.468 e. The molecular weight excluding hydrogens is 204 g/mol. The Bertz CT molecular complexity index is 277. The summed E-state index contributed by atoms with van der Waals surface area (Å²) < 4.78 is 4.71. The highest BCUT2D eigenvalue weighted by Gasteiger charge is 2.30. The van der Waals surface area contributed by atoms with Gasteiger partial charge in [0.25, 0.3) is 0 Å². The highest BCUT2D eigenvalue weighted by atomic mass is 16.5. The fourth-order valence-electron chi connectivity index (χ4n) is 1.27. The molecule has 0 aromatic carbocycles. The second-order valence-corrected chi connectivity index (χ2v) is 5.29. The molecule has 0 aliphatic carbocycles. The molecule has 4 heteroatoms. The molecule has 0 saturated heterocycles. The average molecular weight is 226 g/mol. The van der Waals surface area contributed by atoms with Gasteiger partial charge in [0.15, 0.2) is 0 Å². The van der Waals surface area contributed by atoms with Crippen molar-refractivity contribution in [3.63, 3.8) is 0 Å². The first kappa shape index (κ1) is 14.9. The summed E-state index contributed by atoms with van der Waals surface area (Å²) in [4.78, 5) is 11.4. The number of esters is 1. The minimum Gasteiger partial charge on any atom is -0.468 e. The number of hydrogen-bond donors (Lipinski definition) is 1. The Morgan fingerprint density at radius 3 is 2.38 bits per heavy atom. The Labute approximate surface area is 98.0 Å². The van der Waals surface area contributed by atoms with E-state index in [-0.39, 0.29) is 11.4 Å². The van der Waals surface area contributed by atoms with Crippen LogP contribution < -0.4 is 5.32 Å². The van der Waals surface area contributed by atoms with E-state index in [1.807, 2.05) is 0 Å². The third-order valence-electron chi connectivity index (χ3n) is 2.62. The minimum atomic E-state index is -0.682. The van der Waals surface area contributed by atoms with Gasteiger partial charge in [0, 0.05) is 13.0 Å². The molecule has 0 spiro atoms. The monoisotopic (exact) mass is 226 g/mol. The van der Waals surface area contributed by atoms with Gasteiger partial charge in [0.05, 0.1) is 13.2 Å². The van der Waals surface area contributed by atoms with E-state index in [1.165, 1.54) is 7.11 Å². The molecule has 0 saturated carbocycles. The number of ether oxygens (including phenoxy) is 1. The van der Waals surface area contributed by atoms with E-state index < -0.39 is 5.54 Å². The number of rotatable bonds is 6. The first-order valence-corrected chi connectivity index (χ1v) is 5.45. The first-order chi connectivity index (χ1) is 7.25. The Kier molecular flexibility index (Phi) is 5.46. The lowest BCUT2D eigenvalue weighted by molar-refractivity contribution is -0.147. The van der Waals surface area contributed by atoms with Crippen molar-refractivity contribution in [3.8, 4) is 6.07 Å². The molecule has 0 aromatic rings. The van der Waals surface area contributed by atoms with E-state index in [2.05, 4.69) is 25.2 Å². The van der Waals surface area contributed by atoms with Crippen LogP contribution in [0.5, 0.6) is 0 Å². The van der Waals surface area contributed by atoms with Crippen molar-refractivity contribution in [2.24, 2.45) is 5.41 Å². The molecule has 0 aromatic heterocycles. The van der Waals surface area contributed by atoms with Gasteiger partial charge in [0.1, 0.15) is 5.54 Å². The van der Waals surface area contributed by atoms with E-state index in [1.54, 1.807) is 13.8 Å². The van der Waals surface area contributed by atoms with Gasteiger partial charge in [-0.15, -0.1) is 0 Å². The lowest BCUT2D eigenvalue weighted by Gasteiger charge is -2.30. The minimum absolute atomic E-state index is 0.00101. The van der Waals surface area contributed by atoms with Crippen molar-refractivity contribution < 1.29 is 9.53 Å². The Hall–Kier alpha value is -1.08. The Morgan fingerprint density at radius 2 is 1.94 bits per heavy atom. The molecule has 0 atom stereocenters. The summed E-state index contributed by atoms with van der Waals surface area (Å²) in [6, 6.07) is 2.14. The summed E-state index contributed by atoms with van der Waals surface area (Å²) in [7, 11) is 1.38. The average Bonchev–Trinajstić information content (AvgIpc) is 2.23. The van der Waals surface area contributed by atoms with Gasteiger partial charge in [-0.3, -0.25) is 4.79 Å². The van der Waals surface area contributed by atoms with Crippen LogP contribution in [0.2, 0.25) is 0 Å². The third-order valence-corrected chi connectivity index (χ3v) is 2.62. The topological polar surface area (TPSA) is 62.1 Å². The summed E-state index contributed by atoms with van der Waals surface area (Å²) in [5.74, 6) is -0.274. The fourth-order valence-corrected chi connectivity index (χ4v) is 1.27. The van der Waals surface area contributed by atoms with Crippen LogP contribution in [0.1, 0.15) is 40.5 Å². The Balaban J connectivity index is 4.23. The SMILES string of the molecule is COC(=O)C(C)(C)NCC(C)(C)CCC#N. The molecule has 0 radical (unpaired) electrons. The highest BCUT2D eigenvalue weighted by Crippen LogP contribution is 2.22. The molecule has 16 heavy (non-hydrogen) atoms. The second-order valence-electron chi connectivity index (χ2n) is 5.29. The lowest BCUT2D eigenvalue weighted by atomic mass is 9.87. The number of nitrogens with zero attached hydrogens (tertiary/aromatic N) is 1. The van der Waals surface area contributed by atoms with E-state index in [4.69, 9.17) is 10.00 Å². The fraction of sp³-hybridized carbons (Fsp3) is 0.833. The quantitative estimate of drug-likeness (QED) is 0.702. The predicted molar refractivity (Wildman–Crippen MR) is 62.7 cm³/mol. The second kappa shape index (κ2) is 5.86. The van der Waals surface area contributed by atoms with Gasteiger partial charge in [-0.25, -0.2) is 0 Å². The van der Waals surface area contributed by atoms with Crippen molar-refractivity contribution in [1.29, 1.82) is 5.26 Å². The van der Waals surface area contributed by atoms with Crippen molar-refractivity contribution in [2.75, 3.05) is 13.7 Å². The molecule has 0 unspecified atom stereocenters. The van der Waals surface area contributed by atoms with Crippen LogP contribution in [0.4, 0.5) is 0 Å². The van der Waals surface area contributed by atoms with Crippen molar-refractivity contribution in [3.05, 3.63) is 0 Å². The molecule has 0 heterocycles. The number of carbonyl (C=O) groups excluding carboxylic acids is 1. The van der Waals surface area contributed by atoms with Crippen molar-refractivity contribution in [1.82, 2.24) is 5.32 Å². The molecule has 0 aliphatic rings. The van der Waals surface area contributed by atoms with Crippen LogP contribution in [0.3, 0.4) is 0 Å².